The molecule has 1 aliphatic heterocycles. The van der Waals surface area contributed by atoms with E-state index in [-0.39, 0.29) is 12.1 Å². The van der Waals surface area contributed by atoms with Gasteiger partial charge in [-0.05, 0) is 129 Å². The van der Waals surface area contributed by atoms with E-state index in [9.17, 15) is 0 Å². The fourth-order valence-electron chi connectivity index (χ4n) is 9.47. The molecule has 1 saturated carbocycles. The van der Waals surface area contributed by atoms with Gasteiger partial charge in [-0.1, -0.05) is 55.2 Å². The minimum atomic E-state index is -0.0506. The fraction of sp³-hybridized carbons (Fsp3) is 0.386. The Morgan fingerprint density at radius 2 is 1.92 bits per heavy atom. The van der Waals surface area contributed by atoms with E-state index in [0.29, 0.717) is 23.7 Å². The molecule has 0 radical (unpaired) electrons. The van der Waals surface area contributed by atoms with E-state index in [0.717, 1.165) is 66.5 Å². The Morgan fingerprint density at radius 1 is 0.980 bits per heavy atom. The quantitative estimate of drug-likeness (QED) is 0.287. The summed E-state index contributed by atoms with van der Waals surface area (Å²) in [6.07, 6.45) is 32.1. The van der Waals surface area contributed by atoms with Crippen LogP contribution in [0.2, 0.25) is 0 Å². The SMILES string of the molecule is Cc1ccc2oc(C3=Cc4c5c(n(C6=CCC(C7CCC8C#CC=CC8C7)C=C6)c4CC3)C=CC(C3NC4=C(CC(C)C=C4)O3)C5)nc2c1. The lowest BCUT2D eigenvalue weighted by atomic mass is 9.68. The number of ether oxygens (including phenoxy) is 1. The van der Waals surface area contributed by atoms with Gasteiger partial charge in [0.05, 0.1) is 5.70 Å². The minimum Gasteiger partial charge on any atom is -0.472 e. The Balaban J connectivity index is 0.978. The Labute approximate surface area is 288 Å². The van der Waals surface area contributed by atoms with Crippen molar-refractivity contribution in [3.63, 3.8) is 0 Å². The highest BCUT2D eigenvalue weighted by Gasteiger charge is 2.37. The van der Waals surface area contributed by atoms with Crippen LogP contribution in [-0.4, -0.2) is 15.8 Å². The highest BCUT2D eigenvalue weighted by Crippen LogP contribution is 2.45. The van der Waals surface area contributed by atoms with Gasteiger partial charge in [0, 0.05) is 46.5 Å². The second-order valence-corrected chi connectivity index (χ2v) is 15.4. The molecule has 1 fully saturated rings. The van der Waals surface area contributed by atoms with Crippen LogP contribution >= 0.6 is 0 Å². The van der Waals surface area contributed by atoms with E-state index >= 15 is 0 Å². The van der Waals surface area contributed by atoms with Gasteiger partial charge in [0.1, 0.15) is 11.3 Å². The highest BCUT2D eigenvalue weighted by molar-refractivity contribution is 5.88. The molecule has 7 unspecified atom stereocenters. The van der Waals surface area contributed by atoms with E-state index in [2.05, 4.69) is 108 Å². The number of hydrogen-bond acceptors (Lipinski definition) is 4. The van der Waals surface area contributed by atoms with Crippen molar-refractivity contribution in [1.82, 2.24) is 14.9 Å². The summed E-state index contributed by atoms with van der Waals surface area (Å²) in [5, 5.41) is 3.71. The van der Waals surface area contributed by atoms with Crippen molar-refractivity contribution in [3.8, 4) is 11.8 Å². The molecule has 5 heteroatoms. The number of fused-ring (bicyclic) bond motifs is 5. The number of nitrogens with zero attached hydrogens (tertiary/aromatic N) is 2. The summed E-state index contributed by atoms with van der Waals surface area (Å²) in [4.78, 5) is 4.95. The molecule has 10 rings (SSSR count). The molecular formula is C44H43N3O2. The number of benzene rings is 1. The molecule has 7 aliphatic rings. The maximum atomic E-state index is 6.58. The summed E-state index contributed by atoms with van der Waals surface area (Å²) >= 11 is 0. The van der Waals surface area contributed by atoms with Crippen LogP contribution in [0, 0.1) is 54.3 Å². The smallest absolute Gasteiger partial charge is 0.223 e. The molecule has 5 nitrogen and oxygen atoms in total. The molecule has 1 N–H and O–H groups in total. The molecule has 1 aromatic carbocycles. The van der Waals surface area contributed by atoms with Gasteiger partial charge in [-0.15, -0.1) is 0 Å². The largest absolute Gasteiger partial charge is 0.472 e. The van der Waals surface area contributed by atoms with Gasteiger partial charge in [0.25, 0.3) is 0 Å². The summed E-state index contributed by atoms with van der Waals surface area (Å²) in [5.41, 5.74) is 12.1. The molecule has 3 aromatic rings. The molecule has 0 spiro atoms. The Bertz CT molecular complexity index is 2170. The van der Waals surface area contributed by atoms with Crippen LogP contribution < -0.4 is 5.32 Å². The van der Waals surface area contributed by atoms with Crippen LogP contribution in [0.4, 0.5) is 0 Å². The number of allylic oxidation sites excluding steroid dienone is 10. The van der Waals surface area contributed by atoms with Gasteiger partial charge in [0.2, 0.25) is 5.89 Å². The zero-order valence-corrected chi connectivity index (χ0v) is 28.4. The average Bonchev–Trinajstić information content (AvgIpc) is 3.84. The predicted molar refractivity (Wildman–Crippen MR) is 196 cm³/mol. The first-order chi connectivity index (χ1) is 24.0. The van der Waals surface area contributed by atoms with Crippen LogP contribution in [0.25, 0.3) is 34.5 Å². The molecule has 0 amide bonds. The third kappa shape index (κ3) is 5.02. The van der Waals surface area contributed by atoms with Gasteiger partial charge in [-0.25, -0.2) is 4.98 Å². The van der Waals surface area contributed by atoms with Crippen molar-refractivity contribution in [2.45, 2.75) is 71.4 Å². The van der Waals surface area contributed by atoms with Gasteiger partial charge < -0.3 is 19.0 Å². The number of oxazole rings is 1. The lowest BCUT2D eigenvalue weighted by Gasteiger charge is -2.37. The molecule has 0 bridgehead atoms. The molecule has 246 valence electrons. The monoisotopic (exact) mass is 645 g/mol. The number of aryl methyl sites for hydroxylation is 1. The van der Waals surface area contributed by atoms with Crippen molar-refractivity contribution < 1.29 is 9.15 Å². The summed E-state index contributed by atoms with van der Waals surface area (Å²) in [5.74, 6) is 11.8. The molecule has 2 aromatic heterocycles. The van der Waals surface area contributed by atoms with E-state index in [1.54, 1.807) is 0 Å². The van der Waals surface area contributed by atoms with Crippen LogP contribution in [-0.2, 0) is 17.6 Å². The van der Waals surface area contributed by atoms with Crippen molar-refractivity contribution in [1.29, 1.82) is 0 Å². The molecule has 3 heterocycles. The first-order valence-electron chi connectivity index (χ1n) is 18.5. The number of rotatable bonds is 4. The molecule has 7 atom stereocenters. The second kappa shape index (κ2) is 11.4. The zero-order valence-electron chi connectivity index (χ0n) is 28.4. The van der Waals surface area contributed by atoms with Crippen molar-refractivity contribution in [2.24, 2.45) is 35.5 Å². The van der Waals surface area contributed by atoms with Crippen LogP contribution in [0.15, 0.2) is 82.7 Å². The summed E-state index contributed by atoms with van der Waals surface area (Å²) in [6.45, 7) is 4.36. The second-order valence-electron chi connectivity index (χ2n) is 15.4. The zero-order chi connectivity index (χ0) is 32.6. The summed E-state index contributed by atoms with van der Waals surface area (Å²) < 4.78 is 15.5. The predicted octanol–water partition coefficient (Wildman–Crippen LogP) is 9.39. The first kappa shape index (κ1) is 29.2. The fourth-order valence-corrected chi connectivity index (χ4v) is 9.47. The Kier molecular flexibility index (Phi) is 6.83. The van der Waals surface area contributed by atoms with Crippen LogP contribution in [0.3, 0.4) is 0 Å². The van der Waals surface area contributed by atoms with Crippen molar-refractivity contribution >= 4 is 34.5 Å². The molecular weight excluding hydrogens is 603 g/mol. The molecule has 49 heavy (non-hydrogen) atoms. The van der Waals surface area contributed by atoms with Gasteiger partial charge >= 0.3 is 0 Å². The standard InChI is InChI=1S/C44H43N3O2/c1-26-8-20-41-38(21-26)46-44(48-41)33-14-19-40-36(25-33)35-24-32(43-45-37-17-7-27(2)22-42(37)49-43)13-18-39(35)47(40)34-15-11-29(12-16-34)31-10-9-28-5-3-4-6-30(28)23-31/h4,6-8,11,13,15-18,20-21,25,27-32,43,45H,9-10,12,14,19,22-24H2,1-2H3. The number of aromatic nitrogens is 2. The third-order valence-electron chi connectivity index (χ3n) is 12.1. The third-order valence-corrected chi connectivity index (χ3v) is 12.1. The van der Waals surface area contributed by atoms with Gasteiger partial charge in [-0.3, -0.25) is 0 Å². The number of hydrogen-bond donors (Lipinski definition) is 1. The van der Waals surface area contributed by atoms with Crippen LogP contribution in [0.1, 0.15) is 79.4 Å². The summed E-state index contributed by atoms with van der Waals surface area (Å²) in [7, 11) is 0. The lowest BCUT2D eigenvalue weighted by Crippen LogP contribution is -2.33. The first-order valence-corrected chi connectivity index (χ1v) is 18.5. The summed E-state index contributed by atoms with van der Waals surface area (Å²) in [6, 6.07) is 6.25. The van der Waals surface area contributed by atoms with Crippen LogP contribution in [0.5, 0.6) is 0 Å². The molecule has 6 aliphatic carbocycles. The average molecular weight is 646 g/mol. The van der Waals surface area contributed by atoms with E-state index in [4.69, 9.17) is 14.1 Å². The lowest BCUT2D eigenvalue weighted by molar-refractivity contribution is 0.0832. The van der Waals surface area contributed by atoms with Gasteiger partial charge in [-0.2, -0.15) is 0 Å². The Hall–Kier alpha value is -4.69. The van der Waals surface area contributed by atoms with Gasteiger partial charge in [0.15, 0.2) is 11.8 Å². The van der Waals surface area contributed by atoms with E-state index in [1.165, 1.54) is 58.6 Å². The van der Waals surface area contributed by atoms with E-state index in [1.807, 2.05) is 6.07 Å². The van der Waals surface area contributed by atoms with Crippen molar-refractivity contribution in [3.05, 3.63) is 112 Å². The maximum Gasteiger partial charge on any atom is 0.223 e. The maximum absolute atomic E-state index is 6.58. The topological polar surface area (TPSA) is 52.2 Å². The van der Waals surface area contributed by atoms with Crippen molar-refractivity contribution in [2.75, 3.05) is 0 Å². The number of nitrogens with one attached hydrogen (secondary N) is 1. The molecule has 0 saturated heterocycles. The minimum absolute atomic E-state index is 0.0506. The normalized spacial score (nSPS) is 30.8. The Morgan fingerprint density at radius 3 is 2.84 bits per heavy atom. The van der Waals surface area contributed by atoms with E-state index < -0.39 is 0 Å². The highest BCUT2D eigenvalue weighted by atomic mass is 16.5.